The van der Waals surface area contributed by atoms with Gasteiger partial charge in [-0.15, -0.1) is 0 Å². The number of hydrogen-bond acceptors (Lipinski definition) is 6. The van der Waals surface area contributed by atoms with Gasteiger partial charge in [0.15, 0.2) is 5.13 Å². The van der Waals surface area contributed by atoms with Gasteiger partial charge in [0.25, 0.3) is 0 Å². The summed E-state index contributed by atoms with van der Waals surface area (Å²) in [7, 11) is 1.58. The number of urea groups is 1. The number of carbonyl (C=O) groups is 1. The van der Waals surface area contributed by atoms with Crippen molar-refractivity contribution in [3.63, 3.8) is 0 Å². The molecule has 2 aromatic heterocycles. The Bertz CT molecular complexity index is 761. The van der Waals surface area contributed by atoms with E-state index in [2.05, 4.69) is 20.6 Å². The fraction of sp³-hybridized carbons (Fsp3) is 0.500. The monoisotopic (exact) mass is 376 g/mol. The van der Waals surface area contributed by atoms with Crippen LogP contribution in [0, 0.1) is 12.8 Å². The lowest BCUT2D eigenvalue weighted by atomic mass is 10.2. The number of aryl methyl sites for hydroxylation is 1. The highest BCUT2D eigenvalue weighted by Gasteiger charge is 2.22. The Morgan fingerprint density at radius 2 is 2.27 bits per heavy atom. The molecule has 2 N–H and O–H groups in total. The van der Waals surface area contributed by atoms with Crippen molar-refractivity contribution in [1.82, 2.24) is 15.3 Å². The highest BCUT2D eigenvalue weighted by atomic mass is 32.1. The van der Waals surface area contributed by atoms with Gasteiger partial charge >= 0.3 is 6.03 Å². The summed E-state index contributed by atoms with van der Waals surface area (Å²) in [6.07, 6.45) is 4.21. The molecule has 1 aliphatic carbocycles. The molecule has 0 saturated heterocycles. The quantitative estimate of drug-likeness (QED) is 0.737. The minimum absolute atomic E-state index is 0.000717. The molecule has 2 aromatic rings. The lowest BCUT2D eigenvalue weighted by Crippen LogP contribution is -2.35. The number of nitrogens with one attached hydrogen (secondary N) is 2. The maximum absolute atomic E-state index is 12.1. The molecule has 3 rings (SSSR count). The van der Waals surface area contributed by atoms with Crippen LogP contribution in [0.5, 0.6) is 5.88 Å². The van der Waals surface area contributed by atoms with E-state index in [1.807, 2.05) is 26.0 Å². The standard InChI is InChI=1S/C18H24N4O3S/c1-11(25-10-13-4-5-13)9-20-17(23)22-18-21-12(2)16(26-18)14-6-7-19-15(8-14)24-3/h6-8,11,13H,4-5,9-10H2,1-3H3,(H2,20,21,22,23)/t11-/m0/s1. The number of amides is 2. The topological polar surface area (TPSA) is 85.4 Å². The molecule has 0 bridgehead atoms. The fourth-order valence-corrected chi connectivity index (χ4v) is 3.36. The summed E-state index contributed by atoms with van der Waals surface area (Å²) in [6.45, 7) is 5.13. The maximum atomic E-state index is 12.1. The summed E-state index contributed by atoms with van der Waals surface area (Å²) >= 11 is 1.42. The number of methoxy groups -OCH3 is 1. The highest BCUT2D eigenvalue weighted by Crippen LogP contribution is 2.33. The Labute approximate surface area is 157 Å². The van der Waals surface area contributed by atoms with Crippen LogP contribution in [0.4, 0.5) is 9.93 Å². The molecule has 0 spiro atoms. The largest absolute Gasteiger partial charge is 0.481 e. The van der Waals surface area contributed by atoms with E-state index >= 15 is 0 Å². The van der Waals surface area contributed by atoms with E-state index in [0.29, 0.717) is 17.6 Å². The van der Waals surface area contributed by atoms with Crippen LogP contribution in [-0.4, -0.2) is 42.4 Å². The number of ether oxygens (including phenoxy) is 2. The molecule has 2 amide bonds. The number of carbonyl (C=O) groups excluding carboxylic acids is 1. The van der Waals surface area contributed by atoms with E-state index in [4.69, 9.17) is 9.47 Å². The summed E-state index contributed by atoms with van der Waals surface area (Å²) in [5, 5.41) is 6.17. The molecule has 1 fully saturated rings. The summed E-state index contributed by atoms with van der Waals surface area (Å²) < 4.78 is 10.9. The highest BCUT2D eigenvalue weighted by molar-refractivity contribution is 7.19. The molecule has 0 aromatic carbocycles. The first kappa shape index (κ1) is 18.6. The van der Waals surface area contributed by atoms with Crippen molar-refractivity contribution in [2.45, 2.75) is 32.8 Å². The number of aromatic nitrogens is 2. The number of anilines is 1. The summed E-state index contributed by atoms with van der Waals surface area (Å²) in [6, 6.07) is 3.47. The van der Waals surface area contributed by atoms with E-state index in [-0.39, 0.29) is 12.1 Å². The fourth-order valence-electron chi connectivity index (χ4n) is 2.40. The lowest BCUT2D eigenvalue weighted by Gasteiger charge is -2.13. The first-order valence-corrected chi connectivity index (χ1v) is 9.51. The lowest BCUT2D eigenvalue weighted by molar-refractivity contribution is 0.0601. The Kier molecular flexibility index (Phi) is 6.05. The number of rotatable bonds is 8. The molecule has 7 nitrogen and oxygen atoms in total. The van der Waals surface area contributed by atoms with Gasteiger partial charge in [0.2, 0.25) is 5.88 Å². The van der Waals surface area contributed by atoms with Crippen molar-refractivity contribution in [2.75, 3.05) is 25.6 Å². The zero-order valence-electron chi connectivity index (χ0n) is 15.2. The predicted molar refractivity (Wildman–Crippen MR) is 102 cm³/mol. The smallest absolute Gasteiger partial charge is 0.321 e. The molecule has 2 heterocycles. The third-order valence-corrected chi connectivity index (χ3v) is 5.21. The van der Waals surface area contributed by atoms with Crippen LogP contribution in [0.3, 0.4) is 0 Å². The zero-order chi connectivity index (χ0) is 18.5. The average molecular weight is 376 g/mol. The van der Waals surface area contributed by atoms with E-state index in [9.17, 15) is 4.79 Å². The van der Waals surface area contributed by atoms with Gasteiger partial charge in [-0.3, -0.25) is 5.32 Å². The van der Waals surface area contributed by atoms with Crippen molar-refractivity contribution in [3.05, 3.63) is 24.0 Å². The number of hydrogen-bond donors (Lipinski definition) is 2. The van der Waals surface area contributed by atoms with Crippen LogP contribution in [-0.2, 0) is 4.74 Å². The Morgan fingerprint density at radius 1 is 1.46 bits per heavy atom. The summed E-state index contributed by atoms with van der Waals surface area (Å²) in [5.41, 5.74) is 1.81. The first-order chi connectivity index (χ1) is 12.5. The summed E-state index contributed by atoms with van der Waals surface area (Å²) in [5.74, 6) is 1.26. The molecular weight excluding hydrogens is 352 g/mol. The molecular formula is C18H24N4O3S. The third kappa shape index (κ3) is 5.15. The molecule has 0 radical (unpaired) electrons. The van der Waals surface area contributed by atoms with Crippen molar-refractivity contribution in [3.8, 4) is 16.3 Å². The van der Waals surface area contributed by atoms with Crippen molar-refractivity contribution in [2.24, 2.45) is 5.92 Å². The van der Waals surface area contributed by atoms with Gasteiger partial charge in [-0.1, -0.05) is 11.3 Å². The molecule has 8 heteroatoms. The summed E-state index contributed by atoms with van der Waals surface area (Å²) in [4.78, 5) is 21.6. The third-order valence-electron chi connectivity index (χ3n) is 4.09. The van der Waals surface area contributed by atoms with E-state index in [0.717, 1.165) is 28.7 Å². The van der Waals surface area contributed by atoms with Crippen LogP contribution < -0.4 is 15.4 Å². The minimum atomic E-state index is -0.278. The van der Waals surface area contributed by atoms with Gasteiger partial charge in [-0.05, 0) is 38.7 Å². The minimum Gasteiger partial charge on any atom is -0.481 e. The first-order valence-electron chi connectivity index (χ1n) is 8.69. The molecule has 1 saturated carbocycles. The van der Waals surface area contributed by atoms with Crippen molar-refractivity contribution >= 4 is 22.5 Å². The van der Waals surface area contributed by atoms with Crippen molar-refractivity contribution in [1.29, 1.82) is 0 Å². The predicted octanol–water partition coefficient (Wildman–Crippen LogP) is 3.46. The number of nitrogens with zero attached hydrogens (tertiary/aromatic N) is 2. The second kappa shape index (κ2) is 8.46. The second-order valence-electron chi connectivity index (χ2n) is 6.44. The molecule has 0 aliphatic heterocycles. The van der Waals surface area contributed by atoms with E-state index in [1.165, 1.54) is 24.2 Å². The van der Waals surface area contributed by atoms with Crippen LogP contribution in [0.2, 0.25) is 0 Å². The Hall–Kier alpha value is -2.19. The van der Waals surface area contributed by atoms with Crippen LogP contribution in [0.15, 0.2) is 18.3 Å². The Balaban J connectivity index is 1.53. The normalized spacial score (nSPS) is 14.7. The van der Waals surface area contributed by atoms with Gasteiger partial charge < -0.3 is 14.8 Å². The van der Waals surface area contributed by atoms with Crippen LogP contribution >= 0.6 is 11.3 Å². The van der Waals surface area contributed by atoms with Crippen LogP contribution in [0.25, 0.3) is 10.4 Å². The number of thiazole rings is 1. The van der Waals surface area contributed by atoms with Gasteiger partial charge in [-0.2, -0.15) is 0 Å². The molecule has 0 unspecified atom stereocenters. The van der Waals surface area contributed by atoms with Gasteiger partial charge in [-0.25, -0.2) is 14.8 Å². The molecule has 26 heavy (non-hydrogen) atoms. The van der Waals surface area contributed by atoms with Crippen LogP contribution in [0.1, 0.15) is 25.5 Å². The SMILES string of the molecule is COc1cc(-c2sc(NC(=O)NC[C@H](C)OCC3CC3)nc2C)ccn1. The number of pyridine rings is 1. The second-order valence-corrected chi connectivity index (χ2v) is 7.44. The van der Waals surface area contributed by atoms with E-state index in [1.54, 1.807) is 13.3 Å². The molecule has 1 atom stereocenters. The zero-order valence-corrected chi connectivity index (χ0v) is 16.1. The van der Waals surface area contributed by atoms with Gasteiger partial charge in [0, 0.05) is 31.0 Å². The maximum Gasteiger partial charge on any atom is 0.321 e. The van der Waals surface area contributed by atoms with Gasteiger partial charge in [0.1, 0.15) is 0 Å². The molecule has 1 aliphatic rings. The van der Waals surface area contributed by atoms with Gasteiger partial charge in [0.05, 0.1) is 23.8 Å². The Morgan fingerprint density at radius 3 is 3.00 bits per heavy atom. The van der Waals surface area contributed by atoms with Crippen molar-refractivity contribution < 1.29 is 14.3 Å². The van der Waals surface area contributed by atoms with E-state index < -0.39 is 0 Å². The average Bonchev–Trinajstić information content (AvgIpc) is 3.40. The molecule has 140 valence electrons.